The number of hydrogen-bond acceptors (Lipinski definition) is 4. The summed E-state index contributed by atoms with van der Waals surface area (Å²) in [5, 5.41) is 20.3. The number of rotatable bonds is 4. The lowest BCUT2D eigenvalue weighted by Gasteiger charge is -2.34. The summed E-state index contributed by atoms with van der Waals surface area (Å²) in [6, 6.07) is 8.93. The number of aliphatic hydroxyl groups excluding tert-OH is 1. The third kappa shape index (κ3) is 3.48. The molecule has 1 atom stereocenters. The number of ketones is 1. The van der Waals surface area contributed by atoms with E-state index >= 15 is 0 Å². The van der Waals surface area contributed by atoms with E-state index in [0.717, 1.165) is 0 Å². The Morgan fingerprint density at radius 3 is 2.52 bits per heavy atom. The highest BCUT2D eigenvalue weighted by Crippen LogP contribution is 2.27. The van der Waals surface area contributed by atoms with Crippen LogP contribution in [-0.4, -0.2) is 40.7 Å². The van der Waals surface area contributed by atoms with Crippen LogP contribution in [0.5, 0.6) is 0 Å². The number of aliphatic hydroxyl groups is 2. The normalized spacial score (nSPS) is 22.3. The predicted molar refractivity (Wildman–Crippen MR) is 82.0 cm³/mol. The maximum Gasteiger partial charge on any atom is 0.185 e. The van der Waals surface area contributed by atoms with E-state index < -0.39 is 5.72 Å². The minimum atomic E-state index is -1.19. The average Bonchev–Trinajstić information content (AvgIpc) is 2.47. The van der Waals surface area contributed by atoms with Gasteiger partial charge in [-0.25, -0.2) is 0 Å². The third-order valence-corrected chi connectivity index (χ3v) is 3.54. The molecular formula is C17H19NO3. The minimum absolute atomic E-state index is 0.0609. The van der Waals surface area contributed by atoms with Crippen LogP contribution < -0.4 is 0 Å². The Hall–Kier alpha value is -2.17. The van der Waals surface area contributed by atoms with E-state index in [1.807, 2.05) is 6.07 Å². The molecule has 0 aliphatic heterocycles. The molecule has 0 amide bonds. The van der Waals surface area contributed by atoms with Crippen molar-refractivity contribution in [2.45, 2.75) is 12.1 Å². The number of likely N-dealkylation sites (N-methyl/N-ethyl adjacent to an activating group) is 1. The van der Waals surface area contributed by atoms with Crippen molar-refractivity contribution < 1.29 is 15.0 Å². The monoisotopic (exact) mass is 285 g/mol. The fourth-order valence-electron chi connectivity index (χ4n) is 2.05. The van der Waals surface area contributed by atoms with Crippen LogP contribution in [0.25, 0.3) is 0 Å². The van der Waals surface area contributed by atoms with E-state index in [0.29, 0.717) is 11.1 Å². The van der Waals surface area contributed by atoms with Gasteiger partial charge in [-0.05, 0) is 32.3 Å². The second kappa shape index (κ2) is 6.08. The molecule has 0 aromatic heterocycles. The maximum absolute atomic E-state index is 12.0. The molecular weight excluding hydrogens is 266 g/mol. The van der Waals surface area contributed by atoms with E-state index in [-0.39, 0.29) is 18.0 Å². The van der Waals surface area contributed by atoms with Gasteiger partial charge in [0.15, 0.2) is 5.78 Å². The molecule has 0 saturated carbocycles. The third-order valence-electron chi connectivity index (χ3n) is 3.54. The smallest absolute Gasteiger partial charge is 0.185 e. The van der Waals surface area contributed by atoms with Crippen molar-refractivity contribution in [1.82, 2.24) is 4.90 Å². The zero-order chi connectivity index (χ0) is 15.5. The van der Waals surface area contributed by atoms with E-state index in [4.69, 9.17) is 0 Å². The van der Waals surface area contributed by atoms with Gasteiger partial charge in [0, 0.05) is 11.1 Å². The van der Waals surface area contributed by atoms with E-state index in [1.54, 1.807) is 61.5 Å². The van der Waals surface area contributed by atoms with Gasteiger partial charge in [0.05, 0.1) is 6.42 Å². The van der Waals surface area contributed by atoms with Gasteiger partial charge in [-0.1, -0.05) is 36.4 Å². The SMILES string of the molecule is CN(C)C1(O)C=CC(/C=C/C(=O)c2ccccc2)=C(O)C1. The van der Waals surface area contributed by atoms with Crippen molar-refractivity contribution in [2.24, 2.45) is 0 Å². The Bertz CT molecular complexity index is 614. The topological polar surface area (TPSA) is 60.8 Å². The number of hydrogen-bond donors (Lipinski definition) is 2. The van der Waals surface area contributed by atoms with Crippen molar-refractivity contribution in [2.75, 3.05) is 14.1 Å². The highest BCUT2D eigenvalue weighted by Gasteiger charge is 2.31. The summed E-state index contributed by atoms with van der Waals surface area (Å²) in [5.74, 6) is -0.0662. The molecule has 0 spiro atoms. The van der Waals surface area contributed by atoms with Crippen molar-refractivity contribution in [3.8, 4) is 0 Å². The van der Waals surface area contributed by atoms with Crippen LogP contribution in [0.15, 0.2) is 66.0 Å². The standard InChI is InChI=1S/C17H19NO3/c1-18(2)17(21)11-10-14(16(20)12-17)8-9-15(19)13-6-4-3-5-7-13/h3-11,20-21H,12H2,1-2H3/b9-8+. The molecule has 0 radical (unpaired) electrons. The number of allylic oxidation sites excluding steroid dienone is 4. The van der Waals surface area contributed by atoms with Gasteiger partial charge in [-0.3, -0.25) is 9.69 Å². The Morgan fingerprint density at radius 2 is 1.95 bits per heavy atom. The van der Waals surface area contributed by atoms with E-state index in [9.17, 15) is 15.0 Å². The van der Waals surface area contributed by atoms with Crippen LogP contribution >= 0.6 is 0 Å². The van der Waals surface area contributed by atoms with Crippen LogP contribution in [0.1, 0.15) is 16.8 Å². The Labute approximate surface area is 124 Å². The summed E-state index contributed by atoms with van der Waals surface area (Å²) in [6.07, 6.45) is 6.31. The van der Waals surface area contributed by atoms with Crippen molar-refractivity contribution in [3.05, 3.63) is 71.5 Å². The summed E-state index contributed by atoms with van der Waals surface area (Å²) >= 11 is 0. The summed E-state index contributed by atoms with van der Waals surface area (Å²) in [5.41, 5.74) is -0.0607. The molecule has 0 bridgehead atoms. The highest BCUT2D eigenvalue weighted by atomic mass is 16.3. The lowest BCUT2D eigenvalue weighted by Crippen LogP contribution is -2.43. The van der Waals surface area contributed by atoms with Gasteiger partial charge in [0.1, 0.15) is 11.5 Å². The van der Waals surface area contributed by atoms with Crippen molar-refractivity contribution >= 4 is 5.78 Å². The molecule has 1 unspecified atom stereocenters. The minimum Gasteiger partial charge on any atom is -0.512 e. The molecule has 0 fully saturated rings. The zero-order valence-corrected chi connectivity index (χ0v) is 12.2. The van der Waals surface area contributed by atoms with Crippen molar-refractivity contribution in [1.29, 1.82) is 0 Å². The Kier molecular flexibility index (Phi) is 4.40. The van der Waals surface area contributed by atoms with Gasteiger partial charge in [-0.2, -0.15) is 0 Å². The number of nitrogens with zero attached hydrogens (tertiary/aromatic N) is 1. The molecule has 4 nitrogen and oxygen atoms in total. The second-order valence-electron chi connectivity index (χ2n) is 5.25. The molecule has 1 aliphatic rings. The first kappa shape index (κ1) is 15.2. The van der Waals surface area contributed by atoms with E-state index in [1.165, 1.54) is 6.08 Å². The van der Waals surface area contributed by atoms with E-state index in [2.05, 4.69) is 0 Å². The highest BCUT2D eigenvalue weighted by molar-refractivity contribution is 6.04. The summed E-state index contributed by atoms with van der Waals surface area (Å²) in [6.45, 7) is 0. The predicted octanol–water partition coefficient (Wildman–Crippen LogP) is 2.45. The van der Waals surface area contributed by atoms with Crippen LogP contribution in [0, 0.1) is 0 Å². The molecule has 1 aromatic rings. The molecule has 1 aromatic carbocycles. The first-order chi connectivity index (χ1) is 9.92. The summed E-state index contributed by atoms with van der Waals surface area (Å²) in [4.78, 5) is 13.6. The molecule has 2 rings (SSSR count). The van der Waals surface area contributed by atoms with Gasteiger partial charge in [0.25, 0.3) is 0 Å². The second-order valence-corrected chi connectivity index (χ2v) is 5.25. The van der Waals surface area contributed by atoms with Crippen LogP contribution in [0.3, 0.4) is 0 Å². The van der Waals surface area contributed by atoms with Crippen LogP contribution in [0.4, 0.5) is 0 Å². The number of benzene rings is 1. The largest absolute Gasteiger partial charge is 0.512 e. The first-order valence-corrected chi connectivity index (χ1v) is 6.71. The Balaban J connectivity index is 2.13. The maximum atomic E-state index is 12.0. The molecule has 1 aliphatic carbocycles. The van der Waals surface area contributed by atoms with Crippen LogP contribution in [-0.2, 0) is 0 Å². The Morgan fingerprint density at radius 1 is 1.29 bits per heavy atom. The average molecular weight is 285 g/mol. The molecule has 0 saturated heterocycles. The molecule has 4 heteroatoms. The lowest BCUT2D eigenvalue weighted by atomic mass is 9.96. The summed E-state index contributed by atoms with van der Waals surface area (Å²) in [7, 11) is 3.47. The molecule has 0 heterocycles. The lowest BCUT2D eigenvalue weighted by molar-refractivity contribution is -0.0453. The molecule has 21 heavy (non-hydrogen) atoms. The molecule has 110 valence electrons. The fraction of sp³-hybridized carbons (Fsp3) is 0.235. The number of carbonyl (C=O) groups is 1. The first-order valence-electron chi connectivity index (χ1n) is 6.71. The molecule has 2 N–H and O–H groups in total. The van der Waals surface area contributed by atoms with Gasteiger partial charge < -0.3 is 10.2 Å². The van der Waals surface area contributed by atoms with Gasteiger partial charge in [0.2, 0.25) is 0 Å². The fourth-order valence-corrected chi connectivity index (χ4v) is 2.05. The summed E-state index contributed by atoms with van der Waals surface area (Å²) < 4.78 is 0. The van der Waals surface area contributed by atoms with Gasteiger partial charge in [-0.15, -0.1) is 0 Å². The number of carbonyl (C=O) groups excluding carboxylic acids is 1. The van der Waals surface area contributed by atoms with Crippen LogP contribution in [0.2, 0.25) is 0 Å². The quantitative estimate of drug-likeness (QED) is 0.507. The van der Waals surface area contributed by atoms with Gasteiger partial charge >= 0.3 is 0 Å². The zero-order valence-electron chi connectivity index (χ0n) is 12.2. The van der Waals surface area contributed by atoms with Crippen molar-refractivity contribution in [3.63, 3.8) is 0 Å².